The molecule has 0 radical (unpaired) electrons. The van der Waals surface area contributed by atoms with Crippen LogP contribution < -0.4 is 15.0 Å². The maximum atomic E-state index is 5.82. The number of aromatic nitrogens is 4. The molecular weight excluding hydrogens is 428 g/mol. The van der Waals surface area contributed by atoms with E-state index in [0.717, 1.165) is 40.4 Å². The van der Waals surface area contributed by atoms with Crippen LogP contribution in [0.4, 0.5) is 17.2 Å². The van der Waals surface area contributed by atoms with Crippen molar-refractivity contribution in [1.82, 2.24) is 19.9 Å². The van der Waals surface area contributed by atoms with E-state index in [9.17, 15) is 0 Å². The van der Waals surface area contributed by atoms with Crippen molar-refractivity contribution in [3.63, 3.8) is 0 Å². The molecule has 4 heterocycles. The SMILES string of the molecule is CC(C)COCc1nc(Nc2ccc3c(c2)N(C)CCO3)c2ccc(-c3ccccn3)nc2n1. The molecule has 0 atom stereocenters. The van der Waals surface area contributed by atoms with E-state index < -0.39 is 0 Å². The summed E-state index contributed by atoms with van der Waals surface area (Å²) in [6.07, 6.45) is 1.76. The number of likely N-dealkylation sites (N-methyl/N-ethyl adjacent to an activating group) is 1. The highest BCUT2D eigenvalue weighted by atomic mass is 16.5. The van der Waals surface area contributed by atoms with Gasteiger partial charge in [-0.1, -0.05) is 19.9 Å². The van der Waals surface area contributed by atoms with Crippen molar-refractivity contribution in [2.75, 3.05) is 37.0 Å². The summed E-state index contributed by atoms with van der Waals surface area (Å²) >= 11 is 0. The van der Waals surface area contributed by atoms with Gasteiger partial charge in [-0.2, -0.15) is 0 Å². The molecule has 1 aliphatic heterocycles. The summed E-state index contributed by atoms with van der Waals surface area (Å²) in [7, 11) is 2.07. The Labute approximate surface area is 199 Å². The maximum absolute atomic E-state index is 5.82. The third-order valence-electron chi connectivity index (χ3n) is 5.53. The molecule has 0 aliphatic carbocycles. The first-order valence-electron chi connectivity index (χ1n) is 11.5. The number of anilines is 3. The van der Waals surface area contributed by atoms with Crippen molar-refractivity contribution in [3.05, 3.63) is 60.6 Å². The van der Waals surface area contributed by atoms with Crippen molar-refractivity contribution >= 4 is 28.2 Å². The molecule has 1 N–H and O–H groups in total. The molecule has 1 aromatic carbocycles. The molecule has 0 spiro atoms. The van der Waals surface area contributed by atoms with Crippen molar-refractivity contribution < 1.29 is 9.47 Å². The number of fused-ring (bicyclic) bond motifs is 2. The fraction of sp³-hybridized carbons (Fsp3) is 0.308. The predicted octanol–water partition coefficient (Wildman–Crippen LogP) is 4.83. The molecule has 0 bridgehead atoms. The summed E-state index contributed by atoms with van der Waals surface area (Å²) in [6.45, 7) is 6.74. The third kappa shape index (κ3) is 4.77. The zero-order chi connectivity index (χ0) is 23.5. The van der Waals surface area contributed by atoms with Crippen LogP contribution in [0, 0.1) is 5.92 Å². The highest BCUT2D eigenvalue weighted by Gasteiger charge is 2.17. The van der Waals surface area contributed by atoms with Gasteiger partial charge in [-0.15, -0.1) is 0 Å². The molecule has 0 unspecified atom stereocenters. The standard InChI is InChI=1S/C26H28N6O2/c1-17(2)15-33-16-24-30-25(28-18-7-10-23-22(14-18)32(3)12-13-34-23)19-8-9-21(29-26(19)31-24)20-6-4-5-11-27-20/h4-11,14,17H,12-13,15-16H2,1-3H3,(H,28,29,30,31). The Hall–Kier alpha value is -3.78. The largest absolute Gasteiger partial charge is 0.490 e. The Kier molecular flexibility index (Phi) is 6.22. The smallest absolute Gasteiger partial charge is 0.165 e. The van der Waals surface area contributed by atoms with Crippen LogP contribution in [0.25, 0.3) is 22.4 Å². The van der Waals surface area contributed by atoms with Crippen LogP contribution in [-0.4, -0.2) is 46.7 Å². The maximum Gasteiger partial charge on any atom is 0.165 e. The lowest BCUT2D eigenvalue weighted by molar-refractivity contribution is 0.0925. The van der Waals surface area contributed by atoms with E-state index in [-0.39, 0.29) is 0 Å². The van der Waals surface area contributed by atoms with E-state index in [0.29, 0.717) is 43.0 Å². The van der Waals surface area contributed by atoms with Gasteiger partial charge < -0.3 is 19.7 Å². The van der Waals surface area contributed by atoms with Gasteiger partial charge in [-0.3, -0.25) is 4.98 Å². The molecule has 0 saturated heterocycles. The van der Waals surface area contributed by atoms with Gasteiger partial charge in [0.25, 0.3) is 0 Å². The van der Waals surface area contributed by atoms with Crippen molar-refractivity contribution in [2.45, 2.75) is 20.5 Å². The second-order valence-electron chi connectivity index (χ2n) is 8.76. The van der Waals surface area contributed by atoms with Crippen LogP contribution in [0.2, 0.25) is 0 Å². The first kappa shape index (κ1) is 22.0. The molecule has 4 aromatic rings. The number of pyridine rings is 2. The van der Waals surface area contributed by atoms with Gasteiger partial charge >= 0.3 is 0 Å². The molecule has 174 valence electrons. The summed E-state index contributed by atoms with van der Waals surface area (Å²) < 4.78 is 11.6. The molecular formula is C26H28N6O2. The third-order valence-corrected chi connectivity index (χ3v) is 5.53. The fourth-order valence-electron chi connectivity index (χ4n) is 3.82. The first-order chi connectivity index (χ1) is 16.6. The topological polar surface area (TPSA) is 85.3 Å². The molecule has 1 aliphatic rings. The lowest BCUT2D eigenvalue weighted by atomic mass is 10.2. The lowest BCUT2D eigenvalue weighted by Gasteiger charge is -2.28. The van der Waals surface area contributed by atoms with E-state index in [1.165, 1.54) is 0 Å². The first-order valence-corrected chi connectivity index (χ1v) is 11.5. The minimum Gasteiger partial charge on any atom is -0.490 e. The Morgan fingerprint density at radius 3 is 2.79 bits per heavy atom. The molecule has 8 nitrogen and oxygen atoms in total. The zero-order valence-corrected chi connectivity index (χ0v) is 19.7. The van der Waals surface area contributed by atoms with Crippen LogP contribution in [0.3, 0.4) is 0 Å². The van der Waals surface area contributed by atoms with E-state index in [1.807, 2.05) is 42.5 Å². The zero-order valence-electron chi connectivity index (χ0n) is 19.7. The number of nitrogens with one attached hydrogen (secondary N) is 1. The van der Waals surface area contributed by atoms with E-state index >= 15 is 0 Å². The normalized spacial score (nSPS) is 13.1. The quantitative estimate of drug-likeness (QED) is 0.423. The Bertz CT molecular complexity index is 1300. The average Bonchev–Trinajstić information content (AvgIpc) is 2.84. The number of rotatable bonds is 7. The second kappa shape index (κ2) is 9.61. The van der Waals surface area contributed by atoms with Crippen LogP contribution >= 0.6 is 0 Å². The minimum absolute atomic E-state index is 0.319. The Balaban J connectivity index is 1.53. The monoisotopic (exact) mass is 456 g/mol. The van der Waals surface area contributed by atoms with Crippen molar-refractivity contribution in [2.24, 2.45) is 5.92 Å². The number of ether oxygens (including phenoxy) is 2. The summed E-state index contributed by atoms with van der Waals surface area (Å²) in [4.78, 5) is 20.9. The highest BCUT2D eigenvalue weighted by Crippen LogP contribution is 2.35. The van der Waals surface area contributed by atoms with Gasteiger partial charge in [0.2, 0.25) is 0 Å². The van der Waals surface area contributed by atoms with Crippen LogP contribution in [0.15, 0.2) is 54.7 Å². The lowest BCUT2D eigenvalue weighted by Crippen LogP contribution is -2.28. The number of benzene rings is 1. The van der Waals surface area contributed by atoms with Crippen molar-refractivity contribution in [1.29, 1.82) is 0 Å². The molecule has 0 saturated carbocycles. The Morgan fingerprint density at radius 2 is 1.97 bits per heavy atom. The van der Waals surface area contributed by atoms with Gasteiger partial charge in [0.05, 0.1) is 29.0 Å². The molecule has 8 heteroatoms. The molecule has 34 heavy (non-hydrogen) atoms. The second-order valence-corrected chi connectivity index (χ2v) is 8.76. The number of nitrogens with zero attached hydrogens (tertiary/aromatic N) is 5. The summed E-state index contributed by atoms with van der Waals surface area (Å²) in [6, 6.07) is 15.8. The van der Waals surface area contributed by atoms with Gasteiger partial charge in [-0.25, -0.2) is 15.0 Å². The average molecular weight is 457 g/mol. The van der Waals surface area contributed by atoms with E-state index in [1.54, 1.807) is 6.20 Å². The fourth-order valence-corrected chi connectivity index (χ4v) is 3.82. The number of hydrogen-bond donors (Lipinski definition) is 1. The van der Waals surface area contributed by atoms with E-state index in [4.69, 9.17) is 24.4 Å². The van der Waals surface area contributed by atoms with Crippen LogP contribution in [0.1, 0.15) is 19.7 Å². The van der Waals surface area contributed by atoms with E-state index in [2.05, 4.69) is 42.2 Å². The van der Waals surface area contributed by atoms with Crippen molar-refractivity contribution in [3.8, 4) is 17.1 Å². The number of hydrogen-bond acceptors (Lipinski definition) is 8. The van der Waals surface area contributed by atoms with Crippen LogP contribution in [0.5, 0.6) is 5.75 Å². The minimum atomic E-state index is 0.319. The summed E-state index contributed by atoms with van der Waals surface area (Å²) in [5.74, 6) is 2.59. The van der Waals surface area contributed by atoms with Gasteiger partial charge in [0, 0.05) is 25.5 Å². The summed E-state index contributed by atoms with van der Waals surface area (Å²) in [5.41, 5.74) is 4.12. The van der Waals surface area contributed by atoms with Gasteiger partial charge in [0.15, 0.2) is 11.5 Å². The highest BCUT2D eigenvalue weighted by molar-refractivity contribution is 5.90. The molecule has 5 rings (SSSR count). The summed E-state index contributed by atoms with van der Waals surface area (Å²) in [5, 5.41) is 4.30. The Morgan fingerprint density at radius 1 is 1.06 bits per heavy atom. The van der Waals surface area contributed by atoms with Gasteiger partial charge in [0.1, 0.15) is 24.8 Å². The predicted molar refractivity (Wildman–Crippen MR) is 134 cm³/mol. The molecule has 0 fully saturated rings. The van der Waals surface area contributed by atoms with Crippen LogP contribution in [-0.2, 0) is 11.3 Å². The molecule has 3 aromatic heterocycles. The molecule has 0 amide bonds. The van der Waals surface area contributed by atoms with Gasteiger partial charge in [-0.05, 0) is 48.4 Å².